The quantitative estimate of drug-likeness (QED) is 0.864. The summed E-state index contributed by atoms with van der Waals surface area (Å²) in [6.07, 6.45) is 1.55. The number of nitrogens with zero attached hydrogens (tertiary/aromatic N) is 3. The molecule has 2 aromatic rings. The van der Waals surface area contributed by atoms with Gasteiger partial charge >= 0.3 is 0 Å². The lowest BCUT2D eigenvalue weighted by Gasteiger charge is -2.27. The van der Waals surface area contributed by atoms with Gasteiger partial charge in [0, 0.05) is 13.2 Å². The lowest BCUT2D eigenvalue weighted by molar-refractivity contribution is 0.171. The molecule has 0 unspecified atom stereocenters. The van der Waals surface area contributed by atoms with Crippen molar-refractivity contribution < 1.29 is 13.2 Å². The van der Waals surface area contributed by atoms with Crippen molar-refractivity contribution >= 4 is 21.4 Å². The van der Waals surface area contributed by atoms with E-state index in [-0.39, 0.29) is 11.6 Å². The molecular weight excluding hydrogens is 310 g/mol. The van der Waals surface area contributed by atoms with Gasteiger partial charge in [0.1, 0.15) is 17.3 Å². The summed E-state index contributed by atoms with van der Waals surface area (Å²) in [5.41, 5.74) is -0.0586. The largest absolute Gasteiger partial charge is 0.363 e. The van der Waals surface area contributed by atoms with Crippen LogP contribution in [0.5, 0.6) is 0 Å². The van der Waals surface area contributed by atoms with E-state index >= 15 is 0 Å². The SMILES string of the molecule is Cn1cc(S(=O)(=O)N2COCC2(C)C)c(-c2cccs2)n1. The Hall–Kier alpha value is -1.22. The molecule has 0 saturated carbocycles. The van der Waals surface area contributed by atoms with Gasteiger partial charge < -0.3 is 4.74 Å². The van der Waals surface area contributed by atoms with E-state index in [1.807, 2.05) is 31.4 Å². The first-order chi connectivity index (χ1) is 9.82. The normalized spacial score (nSPS) is 19.2. The molecule has 6 nitrogen and oxygen atoms in total. The number of hydrogen-bond donors (Lipinski definition) is 0. The molecule has 21 heavy (non-hydrogen) atoms. The van der Waals surface area contributed by atoms with Crippen molar-refractivity contribution in [2.75, 3.05) is 13.3 Å². The molecule has 2 aromatic heterocycles. The number of rotatable bonds is 3. The van der Waals surface area contributed by atoms with E-state index in [4.69, 9.17) is 4.74 Å². The lowest BCUT2D eigenvalue weighted by Crippen LogP contribution is -2.44. The van der Waals surface area contributed by atoms with Gasteiger partial charge in [-0.1, -0.05) is 6.07 Å². The fourth-order valence-electron chi connectivity index (χ4n) is 2.38. The third kappa shape index (κ3) is 2.42. The van der Waals surface area contributed by atoms with Crippen molar-refractivity contribution in [3.8, 4) is 10.6 Å². The van der Waals surface area contributed by atoms with E-state index in [2.05, 4.69) is 5.10 Å². The number of ether oxygens (including phenoxy) is 1. The van der Waals surface area contributed by atoms with Gasteiger partial charge in [-0.2, -0.15) is 9.40 Å². The van der Waals surface area contributed by atoms with Gasteiger partial charge in [-0.15, -0.1) is 11.3 Å². The van der Waals surface area contributed by atoms with E-state index in [1.54, 1.807) is 13.2 Å². The molecule has 0 N–H and O–H groups in total. The van der Waals surface area contributed by atoms with E-state index in [0.29, 0.717) is 12.3 Å². The van der Waals surface area contributed by atoms with Crippen LogP contribution >= 0.6 is 11.3 Å². The Morgan fingerprint density at radius 1 is 1.43 bits per heavy atom. The maximum absolute atomic E-state index is 13.0. The molecule has 0 amide bonds. The van der Waals surface area contributed by atoms with Crippen LogP contribution in [0.1, 0.15) is 13.8 Å². The first-order valence-electron chi connectivity index (χ1n) is 6.50. The van der Waals surface area contributed by atoms with Gasteiger partial charge in [-0.05, 0) is 25.3 Å². The van der Waals surface area contributed by atoms with Crippen molar-refractivity contribution in [1.82, 2.24) is 14.1 Å². The smallest absolute Gasteiger partial charge is 0.249 e. The van der Waals surface area contributed by atoms with Gasteiger partial charge in [-0.25, -0.2) is 8.42 Å². The maximum Gasteiger partial charge on any atom is 0.249 e. The summed E-state index contributed by atoms with van der Waals surface area (Å²) in [6.45, 7) is 4.19. The Balaban J connectivity index is 2.12. The molecule has 8 heteroatoms. The number of aryl methyl sites for hydroxylation is 1. The zero-order valence-corrected chi connectivity index (χ0v) is 13.7. The van der Waals surface area contributed by atoms with E-state index < -0.39 is 15.6 Å². The van der Waals surface area contributed by atoms with E-state index in [0.717, 1.165) is 4.88 Å². The molecular formula is C13H17N3O3S2. The summed E-state index contributed by atoms with van der Waals surface area (Å²) >= 11 is 1.47. The minimum absolute atomic E-state index is 0.0775. The van der Waals surface area contributed by atoms with Crippen LogP contribution in [0.4, 0.5) is 0 Å². The predicted molar refractivity (Wildman–Crippen MR) is 80.4 cm³/mol. The molecule has 3 heterocycles. The van der Waals surface area contributed by atoms with Crippen LogP contribution in [-0.2, 0) is 21.8 Å². The van der Waals surface area contributed by atoms with Crippen LogP contribution in [0.15, 0.2) is 28.6 Å². The molecule has 0 spiro atoms. The Labute approximate surface area is 128 Å². The fourth-order valence-corrected chi connectivity index (χ4v) is 5.00. The summed E-state index contributed by atoms with van der Waals surface area (Å²) in [5.74, 6) is 0. The molecule has 0 atom stereocenters. The van der Waals surface area contributed by atoms with Crippen LogP contribution in [-0.4, -0.2) is 41.4 Å². The van der Waals surface area contributed by atoms with Crippen molar-refractivity contribution in [1.29, 1.82) is 0 Å². The van der Waals surface area contributed by atoms with Crippen LogP contribution in [0.25, 0.3) is 10.6 Å². The van der Waals surface area contributed by atoms with Gasteiger partial charge in [0.15, 0.2) is 0 Å². The molecule has 114 valence electrons. The maximum atomic E-state index is 13.0. The Morgan fingerprint density at radius 2 is 2.19 bits per heavy atom. The number of hydrogen-bond acceptors (Lipinski definition) is 5. The highest BCUT2D eigenvalue weighted by Crippen LogP contribution is 2.35. The first-order valence-corrected chi connectivity index (χ1v) is 8.82. The van der Waals surface area contributed by atoms with E-state index in [1.165, 1.54) is 20.3 Å². The molecule has 0 aliphatic carbocycles. The zero-order valence-electron chi connectivity index (χ0n) is 12.1. The van der Waals surface area contributed by atoms with Gasteiger partial charge in [-0.3, -0.25) is 4.68 Å². The highest BCUT2D eigenvalue weighted by molar-refractivity contribution is 7.89. The highest BCUT2D eigenvalue weighted by atomic mass is 32.2. The van der Waals surface area contributed by atoms with Gasteiger partial charge in [0.05, 0.1) is 17.0 Å². The molecule has 3 rings (SSSR count). The average molecular weight is 327 g/mol. The first kappa shape index (κ1) is 14.7. The monoisotopic (exact) mass is 327 g/mol. The Kier molecular flexibility index (Phi) is 3.44. The minimum Gasteiger partial charge on any atom is -0.363 e. The van der Waals surface area contributed by atoms with Crippen LogP contribution in [0.2, 0.25) is 0 Å². The number of sulfonamides is 1. The molecule has 1 fully saturated rings. The van der Waals surface area contributed by atoms with Crippen LogP contribution in [0, 0.1) is 0 Å². The zero-order chi connectivity index (χ0) is 15.3. The number of aromatic nitrogens is 2. The summed E-state index contributed by atoms with van der Waals surface area (Å²) in [7, 11) is -1.93. The van der Waals surface area contributed by atoms with Crippen molar-refractivity contribution in [3.05, 3.63) is 23.7 Å². The summed E-state index contributed by atoms with van der Waals surface area (Å²) in [6, 6.07) is 3.76. The van der Waals surface area contributed by atoms with E-state index in [9.17, 15) is 8.42 Å². The second kappa shape index (κ2) is 4.91. The molecule has 1 aliphatic rings. The fraction of sp³-hybridized carbons (Fsp3) is 0.462. The van der Waals surface area contributed by atoms with Crippen molar-refractivity contribution in [3.63, 3.8) is 0 Å². The highest BCUT2D eigenvalue weighted by Gasteiger charge is 2.43. The molecule has 1 aliphatic heterocycles. The third-order valence-electron chi connectivity index (χ3n) is 3.46. The Morgan fingerprint density at radius 3 is 2.76 bits per heavy atom. The summed E-state index contributed by atoms with van der Waals surface area (Å²) in [4.78, 5) is 1.07. The lowest BCUT2D eigenvalue weighted by atomic mass is 10.1. The molecule has 0 bridgehead atoms. The van der Waals surface area contributed by atoms with Crippen molar-refractivity contribution in [2.24, 2.45) is 7.05 Å². The van der Waals surface area contributed by atoms with Gasteiger partial charge in [0.25, 0.3) is 0 Å². The summed E-state index contributed by atoms with van der Waals surface area (Å²) in [5, 5.41) is 6.23. The standard InChI is InChI=1S/C13H17N3O3S2/c1-13(2)8-19-9-16(13)21(17,18)11-7-15(3)14-12(11)10-5-4-6-20-10/h4-7H,8-9H2,1-3H3. The second-order valence-electron chi connectivity index (χ2n) is 5.64. The minimum atomic E-state index is -3.65. The number of thiophene rings is 1. The van der Waals surface area contributed by atoms with Crippen LogP contribution in [0.3, 0.4) is 0 Å². The predicted octanol–water partition coefficient (Wildman–Crippen LogP) is 1.91. The average Bonchev–Trinajstić information content (AvgIpc) is 3.07. The Bertz CT molecular complexity index is 748. The molecule has 1 saturated heterocycles. The molecule has 0 radical (unpaired) electrons. The summed E-state index contributed by atoms with van der Waals surface area (Å²) < 4.78 is 34.2. The van der Waals surface area contributed by atoms with Crippen molar-refractivity contribution in [2.45, 2.75) is 24.3 Å². The van der Waals surface area contributed by atoms with Gasteiger partial charge in [0.2, 0.25) is 10.0 Å². The molecule has 0 aromatic carbocycles. The third-order valence-corrected chi connectivity index (χ3v) is 6.37. The second-order valence-corrected chi connectivity index (χ2v) is 8.41. The van der Waals surface area contributed by atoms with Crippen LogP contribution < -0.4 is 0 Å². The topological polar surface area (TPSA) is 64.4 Å².